The van der Waals surface area contributed by atoms with Gasteiger partial charge >= 0.3 is 0 Å². The van der Waals surface area contributed by atoms with Gasteiger partial charge in [-0.05, 0) is 24.6 Å². The second kappa shape index (κ2) is 7.90. The molecular weight excluding hydrogens is 339 g/mol. The second-order valence-electron chi connectivity index (χ2n) is 5.38. The van der Waals surface area contributed by atoms with Gasteiger partial charge < -0.3 is 10.1 Å². The molecule has 2 aromatic carbocycles. The zero-order valence-corrected chi connectivity index (χ0v) is 14.5. The van der Waals surface area contributed by atoms with E-state index in [1.807, 2.05) is 37.3 Å². The number of carbonyl (C=O) groups excluding carboxylic acids is 1. The highest BCUT2D eigenvalue weighted by Gasteiger charge is 2.12. The lowest BCUT2D eigenvalue weighted by Crippen LogP contribution is -2.15. The summed E-state index contributed by atoms with van der Waals surface area (Å²) in [5, 5.41) is 3.32. The lowest BCUT2D eigenvalue weighted by Gasteiger charge is -2.06. The Kier molecular flexibility index (Phi) is 5.40. The van der Waals surface area contributed by atoms with Crippen LogP contribution in [0.15, 0.2) is 54.6 Å². The number of benzene rings is 2. The molecule has 0 unspecified atom stereocenters. The van der Waals surface area contributed by atoms with E-state index >= 15 is 0 Å². The number of hydrogen-bond acceptors (Lipinski definition) is 4. The van der Waals surface area contributed by atoms with Crippen LogP contribution in [0, 0.1) is 12.7 Å². The SMILES string of the molecule is Cc1nc(NC(=O)CCOc2ccccc2F)sc1-c1ccccc1. The molecule has 1 amide bonds. The van der Waals surface area contributed by atoms with Crippen molar-refractivity contribution in [2.24, 2.45) is 0 Å². The molecule has 0 aliphatic heterocycles. The highest BCUT2D eigenvalue weighted by atomic mass is 32.1. The van der Waals surface area contributed by atoms with Crippen molar-refractivity contribution >= 4 is 22.4 Å². The molecule has 0 saturated heterocycles. The van der Waals surface area contributed by atoms with E-state index in [1.165, 1.54) is 23.5 Å². The Hall–Kier alpha value is -2.73. The van der Waals surface area contributed by atoms with Crippen LogP contribution in [0.3, 0.4) is 0 Å². The minimum atomic E-state index is -0.439. The number of rotatable bonds is 6. The molecule has 0 saturated carbocycles. The minimum absolute atomic E-state index is 0.0999. The van der Waals surface area contributed by atoms with Crippen LogP contribution in [0.25, 0.3) is 10.4 Å². The number of nitrogens with zero attached hydrogens (tertiary/aromatic N) is 1. The van der Waals surface area contributed by atoms with E-state index < -0.39 is 5.82 Å². The van der Waals surface area contributed by atoms with Gasteiger partial charge in [-0.25, -0.2) is 9.37 Å². The van der Waals surface area contributed by atoms with Crippen LogP contribution in [-0.4, -0.2) is 17.5 Å². The molecule has 4 nitrogen and oxygen atoms in total. The highest BCUT2D eigenvalue weighted by Crippen LogP contribution is 2.32. The Labute approximate surface area is 149 Å². The van der Waals surface area contributed by atoms with Gasteiger partial charge in [-0.15, -0.1) is 0 Å². The van der Waals surface area contributed by atoms with E-state index in [0.29, 0.717) is 5.13 Å². The number of nitrogens with one attached hydrogen (secondary N) is 1. The summed E-state index contributed by atoms with van der Waals surface area (Å²) in [7, 11) is 0. The molecule has 128 valence electrons. The van der Waals surface area contributed by atoms with Crippen molar-refractivity contribution in [3.05, 3.63) is 66.1 Å². The van der Waals surface area contributed by atoms with Crippen LogP contribution in [-0.2, 0) is 4.79 Å². The first-order valence-electron chi connectivity index (χ1n) is 7.83. The summed E-state index contributed by atoms with van der Waals surface area (Å²) in [5.74, 6) is -0.512. The number of aryl methyl sites for hydroxylation is 1. The number of aromatic nitrogens is 1. The van der Waals surface area contributed by atoms with Gasteiger partial charge in [0.15, 0.2) is 16.7 Å². The number of thiazole rings is 1. The summed E-state index contributed by atoms with van der Waals surface area (Å²) >= 11 is 1.43. The van der Waals surface area contributed by atoms with E-state index in [1.54, 1.807) is 12.1 Å². The van der Waals surface area contributed by atoms with Crippen molar-refractivity contribution in [2.75, 3.05) is 11.9 Å². The molecule has 0 radical (unpaired) electrons. The van der Waals surface area contributed by atoms with Gasteiger partial charge in [-0.1, -0.05) is 53.8 Å². The van der Waals surface area contributed by atoms with Crippen LogP contribution in [0.4, 0.5) is 9.52 Å². The predicted molar refractivity (Wildman–Crippen MR) is 97.4 cm³/mol. The first-order valence-corrected chi connectivity index (χ1v) is 8.65. The fraction of sp³-hybridized carbons (Fsp3) is 0.158. The Morgan fingerprint density at radius 2 is 1.88 bits per heavy atom. The van der Waals surface area contributed by atoms with Gasteiger partial charge in [-0.3, -0.25) is 4.79 Å². The molecule has 1 aromatic heterocycles. The van der Waals surface area contributed by atoms with Crippen molar-refractivity contribution in [1.29, 1.82) is 0 Å². The van der Waals surface area contributed by atoms with Gasteiger partial charge in [-0.2, -0.15) is 0 Å². The average Bonchev–Trinajstić information content (AvgIpc) is 2.97. The Morgan fingerprint density at radius 1 is 1.16 bits per heavy atom. The van der Waals surface area contributed by atoms with E-state index in [0.717, 1.165) is 16.1 Å². The molecule has 1 N–H and O–H groups in total. The van der Waals surface area contributed by atoms with Gasteiger partial charge in [0.25, 0.3) is 0 Å². The smallest absolute Gasteiger partial charge is 0.229 e. The maximum absolute atomic E-state index is 13.4. The molecule has 3 aromatic rings. The molecule has 25 heavy (non-hydrogen) atoms. The summed E-state index contributed by atoms with van der Waals surface area (Å²) in [6.45, 7) is 2.01. The molecule has 0 fully saturated rings. The van der Waals surface area contributed by atoms with E-state index in [-0.39, 0.29) is 24.7 Å². The van der Waals surface area contributed by atoms with Gasteiger partial charge in [0.2, 0.25) is 5.91 Å². The van der Waals surface area contributed by atoms with Gasteiger partial charge in [0, 0.05) is 0 Å². The maximum Gasteiger partial charge on any atom is 0.229 e. The van der Waals surface area contributed by atoms with Crippen molar-refractivity contribution in [1.82, 2.24) is 4.98 Å². The van der Waals surface area contributed by atoms with Gasteiger partial charge in [0.1, 0.15) is 0 Å². The second-order valence-corrected chi connectivity index (χ2v) is 6.38. The van der Waals surface area contributed by atoms with Crippen LogP contribution in [0.1, 0.15) is 12.1 Å². The van der Waals surface area contributed by atoms with E-state index in [4.69, 9.17) is 4.74 Å². The zero-order chi connectivity index (χ0) is 17.6. The lowest BCUT2D eigenvalue weighted by atomic mass is 10.2. The topological polar surface area (TPSA) is 51.2 Å². The Bertz CT molecular complexity index is 865. The summed E-state index contributed by atoms with van der Waals surface area (Å²) in [4.78, 5) is 17.4. The van der Waals surface area contributed by atoms with Crippen LogP contribution < -0.4 is 10.1 Å². The number of carbonyl (C=O) groups is 1. The fourth-order valence-electron chi connectivity index (χ4n) is 2.30. The molecule has 0 spiro atoms. The van der Waals surface area contributed by atoms with Crippen molar-refractivity contribution in [3.8, 4) is 16.2 Å². The van der Waals surface area contributed by atoms with Crippen LogP contribution in [0.2, 0.25) is 0 Å². The first kappa shape index (κ1) is 17.1. The van der Waals surface area contributed by atoms with Crippen LogP contribution in [0.5, 0.6) is 5.75 Å². The van der Waals surface area contributed by atoms with Crippen molar-refractivity contribution in [3.63, 3.8) is 0 Å². The third-order valence-electron chi connectivity index (χ3n) is 3.50. The standard InChI is InChI=1S/C19H17FN2O2S/c1-13-18(14-7-3-2-4-8-14)25-19(21-13)22-17(23)11-12-24-16-10-6-5-9-15(16)20/h2-10H,11-12H2,1H3,(H,21,22,23). The molecule has 0 aliphatic carbocycles. The highest BCUT2D eigenvalue weighted by molar-refractivity contribution is 7.19. The number of hydrogen-bond donors (Lipinski definition) is 1. The predicted octanol–water partition coefficient (Wildman–Crippen LogP) is 4.67. The summed E-state index contributed by atoms with van der Waals surface area (Å²) in [6.07, 6.45) is 0.119. The number of para-hydroxylation sites is 1. The lowest BCUT2D eigenvalue weighted by molar-refractivity contribution is -0.116. The minimum Gasteiger partial charge on any atom is -0.490 e. The zero-order valence-electron chi connectivity index (χ0n) is 13.7. The molecule has 0 aliphatic rings. The summed E-state index contributed by atoms with van der Waals surface area (Å²) < 4.78 is 18.7. The van der Waals surface area contributed by atoms with Gasteiger partial charge in [0.05, 0.1) is 23.6 Å². The molecule has 0 atom stereocenters. The Morgan fingerprint density at radius 3 is 2.64 bits per heavy atom. The third-order valence-corrected chi connectivity index (χ3v) is 4.62. The maximum atomic E-state index is 13.4. The normalized spacial score (nSPS) is 10.5. The molecule has 6 heteroatoms. The number of anilines is 1. The molecule has 3 rings (SSSR count). The number of ether oxygens (including phenoxy) is 1. The molecular formula is C19H17FN2O2S. The summed E-state index contributed by atoms with van der Waals surface area (Å²) in [5.41, 5.74) is 1.94. The molecule has 0 bridgehead atoms. The monoisotopic (exact) mass is 356 g/mol. The van der Waals surface area contributed by atoms with Crippen molar-refractivity contribution in [2.45, 2.75) is 13.3 Å². The van der Waals surface area contributed by atoms with E-state index in [2.05, 4.69) is 10.3 Å². The van der Waals surface area contributed by atoms with Crippen molar-refractivity contribution < 1.29 is 13.9 Å². The quantitative estimate of drug-likeness (QED) is 0.698. The fourth-order valence-corrected chi connectivity index (χ4v) is 3.29. The van der Waals surface area contributed by atoms with E-state index in [9.17, 15) is 9.18 Å². The number of halogens is 1. The summed E-state index contributed by atoms with van der Waals surface area (Å²) in [6, 6.07) is 16.0. The first-order chi connectivity index (χ1) is 12.1. The largest absolute Gasteiger partial charge is 0.490 e. The average molecular weight is 356 g/mol. The molecule has 1 heterocycles. The third kappa shape index (κ3) is 4.42. The Balaban J connectivity index is 1.56. The number of amides is 1. The van der Waals surface area contributed by atoms with Crippen LogP contribution >= 0.6 is 11.3 Å².